The van der Waals surface area contributed by atoms with Gasteiger partial charge in [-0.1, -0.05) is 0 Å². The summed E-state index contributed by atoms with van der Waals surface area (Å²) in [4.78, 5) is 2.36. The quantitative estimate of drug-likeness (QED) is 0.772. The Morgan fingerprint density at radius 3 is 2.67 bits per heavy atom. The molecule has 0 spiro atoms. The molecule has 1 aliphatic rings. The fourth-order valence-electron chi connectivity index (χ4n) is 2.31. The molecule has 0 saturated carbocycles. The Morgan fingerprint density at radius 2 is 2.13 bits per heavy atom. The van der Waals surface area contributed by atoms with Gasteiger partial charge in [0.15, 0.2) is 0 Å². The lowest BCUT2D eigenvalue weighted by atomic mass is 9.94. The standard InChI is InChI=1S/C11H24N2O.ClH/c1-11(2,14)9-13-7-3-4-10(8-13)5-6-12;/h10,14H,3-9,12H2,1-2H3;1H. The molecule has 1 rings (SSSR count). The second-order valence-corrected chi connectivity index (χ2v) is 5.13. The molecule has 1 atom stereocenters. The van der Waals surface area contributed by atoms with Crippen LogP contribution in [0.5, 0.6) is 0 Å². The summed E-state index contributed by atoms with van der Waals surface area (Å²) in [5.41, 5.74) is 5.00. The third-order valence-electron chi connectivity index (χ3n) is 2.79. The summed E-state index contributed by atoms with van der Waals surface area (Å²) >= 11 is 0. The van der Waals surface area contributed by atoms with Crippen molar-refractivity contribution < 1.29 is 5.11 Å². The zero-order chi connectivity index (χ0) is 10.6. The Kier molecular flexibility index (Phi) is 6.76. The first kappa shape index (κ1) is 15.2. The average Bonchev–Trinajstić information content (AvgIpc) is 2.02. The van der Waals surface area contributed by atoms with Gasteiger partial charge in [0.1, 0.15) is 0 Å². The largest absolute Gasteiger partial charge is 0.389 e. The first-order valence-electron chi connectivity index (χ1n) is 5.66. The Balaban J connectivity index is 0.00000196. The van der Waals surface area contributed by atoms with Gasteiger partial charge in [0.2, 0.25) is 0 Å². The predicted octanol–water partition coefficient (Wildman–Crippen LogP) is 1.24. The van der Waals surface area contributed by atoms with Gasteiger partial charge in [0, 0.05) is 13.1 Å². The number of hydrogen-bond acceptors (Lipinski definition) is 3. The molecule has 92 valence electrons. The zero-order valence-corrected chi connectivity index (χ0v) is 10.7. The van der Waals surface area contributed by atoms with Crippen molar-refractivity contribution in [3.8, 4) is 0 Å². The highest BCUT2D eigenvalue weighted by molar-refractivity contribution is 5.85. The lowest BCUT2D eigenvalue weighted by molar-refractivity contribution is 0.0211. The van der Waals surface area contributed by atoms with Crippen molar-refractivity contribution >= 4 is 12.4 Å². The molecule has 1 heterocycles. The van der Waals surface area contributed by atoms with Gasteiger partial charge in [-0.15, -0.1) is 12.4 Å². The molecule has 0 aromatic rings. The number of likely N-dealkylation sites (tertiary alicyclic amines) is 1. The van der Waals surface area contributed by atoms with Gasteiger partial charge in [-0.25, -0.2) is 0 Å². The highest BCUT2D eigenvalue weighted by Gasteiger charge is 2.23. The molecule has 1 saturated heterocycles. The highest BCUT2D eigenvalue weighted by Crippen LogP contribution is 2.20. The van der Waals surface area contributed by atoms with Gasteiger partial charge < -0.3 is 15.7 Å². The Morgan fingerprint density at radius 1 is 1.47 bits per heavy atom. The molecule has 0 amide bonds. The van der Waals surface area contributed by atoms with E-state index in [9.17, 15) is 5.11 Å². The van der Waals surface area contributed by atoms with E-state index < -0.39 is 5.60 Å². The molecule has 0 aromatic carbocycles. The van der Waals surface area contributed by atoms with E-state index >= 15 is 0 Å². The number of aliphatic hydroxyl groups is 1. The Hall–Kier alpha value is 0.170. The number of halogens is 1. The van der Waals surface area contributed by atoms with Gasteiger partial charge >= 0.3 is 0 Å². The summed E-state index contributed by atoms with van der Waals surface area (Å²) in [6, 6.07) is 0. The SMILES string of the molecule is CC(C)(O)CN1CCCC(CCN)C1.Cl. The van der Waals surface area contributed by atoms with E-state index in [1.165, 1.54) is 12.8 Å². The van der Waals surface area contributed by atoms with Crippen LogP contribution >= 0.6 is 12.4 Å². The van der Waals surface area contributed by atoms with Gasteiger partial charge in [0.25, 0.3) is 0 Å². The first-order chi connectivity index (χ1) is 6.51. The molecular formula is C11H25ClN2O. The van der Waals surface area contributed by atoms with Crippen molar-refractivity contribution in [3.63, 3.8) is 0 Å². The summed E-state index contributed by atoms with van der Waals surface area (Å²) in [5, 5.41) is 9.72. The smallest absolute Gasteiger partial charge is 0.0718 e. The average molecular weight is 237 g/mol. The van der Waals surface area contributed by atoms with Crippen LogP contribution in [0.1, 0.15) is 33.1 Å². The van der Waals surface area contributed by atoms with Crippen molar-refractivity contribution in [2.45, 2.75) is 38.7 Å². The first-order valence-corrected chi connectivity index (χ1v) is 5.66. The number of β-amino-alcohol motifs (C(OH)–C–C–N with tert-alkyl or cyclic N) is 1. The van der Waals surface area contributed by atoms with Crippen LogP contribution in [-0.2, 0) is 0 Å². The predicted molar refractivity (Wildman–Crippen MR) is 66.4 cm³/mol. The van der Waals surface area contributed by atoms with Gasteiger partial charge in [0.05, 0.1) is 5.60 Å². The maximum atomic E-state index is 9.72. The van der Waals surface area contributed by atoms with Crippen LogP contribution in [-0.4, -0.2) is 41.8 Å². The van der Waals surface area contributed by atoms with Crippen LogP contribution in [0.3, 0.4) is 0 Å². The van der Waals surface area contributed by atoms with Crippen LogP contribution in [0, 0.1) is 5.92 Å². The summed E-state index contributed by atoms with van der Waals surface area (Å²) in [6.07, 6.45) is 3.68. The minimum atomic E-state index is -0.565. The van der Waals surface area contributed by atoms with Crippen molar-refractivity contribution in [2.24, 2.45) is 11.7 Å². The van der Waals surface area contributed by atoms with Crippen LogP contribution in [0.15, 0.2) is 0 Å². The van der Waals surface area contributed by atoms with E-state index in [0.717, 1.165) is 38.5 Å². The number of piperidine rings is 1. The molecular weight excluding hydrogens is 212 g/mol. The van der Waals surface area contributed by atoms with Gasteiger partial charge in [-0.05, 0) is 52.1 Å². The lowest BCUT2D eigenvalue weighted by Gasteiger charge is -2.35. The van der Waals surface area contributed by atoms with Crippen molar-refractivity contribution in [1.82, 2.24) is 4.90 Å². The second kappa shape index (κ2) is 6.69. The fraction of sp³-hybridized carbons (Fsp3) is 1.00. The molecule has 0 bridgehead atoms. The zero-order valence-electron chi connectivity index (χ0n) is 9.91. The Bertz CT molecular complexity index is 168. The molecule has 0 radical (unpaired) electrons. The van der Waals surface area contributed by atoms with E-state index in [1.807, 2.05) is 13.8 Å². The monoisotopic (exact) mass is 236 g/mol. The summed E-state index contributed by atoms with van der Waals surface area (Å²) in [5.74, 6) is 0.746. The van der Waals surface area contributed by atoms with Crippen LogP contribution in [0.25, 0.3) is 0 Å². The van der Waals surface area contributed by atoms with E-state index in [0.29, 0.717) is 0 Å². The molecule has 15 heavy (non-hydrogen) atoms. The minimum Gasteiger partial charge on any atom is -0.389 e. The molecule has 3 nitrogen and oxygen atoms in total. The molecule has 1 aliphatic heterocycles. The molecule has 1 unspecified atom stereocenters. The van der Waals surface area contributed by atoms with Crippen molar-refractivity contribution in [3.05, 3.63) is 0 Å². The normalized spacial score (nSPS) is 23.6. The van der Waals surface area contributed by atoms with Crippen LogP contribution in [0.4, 0.5) is 0 Å². The van der Waals surface area contributed by atoms with Crippen LogP contribution in [0.2, 0.25) is 0 Å². The minimum absolute atomic E-state index is 0. The lowest BCUT2D eigenvalue weighted by Crippen LogP contribution is -2.44. The second-order valence-electron chi connectivity index (χ2n) is 5.13. The molecule has 3 N–H and O–H groups in total. The van der Waals surface area contributed by atoms with Crippen molar-refractivity contribution in [2.75, 3.05) is 26.2 Å². The maximum Gasteiger partial charge on any atom is 0.0718 e. The third-order valence-corrected chi connectivity index (χ3v) is 2.79. The van der Waals surface area contributed by atoms with E-state index in [4.69, 9.17) is 5.73 Å². The third kappa shape index (κ3) is 6.36. The summed E-state index contributed by atoms with van der Waals surface area (Å²) in [6.45, 7) is 7.57. The topological polar surface area (TPSA) is 49.5 Å². The Labute approximate surface area is 99.4 Å². The number of hydrogen-bond donors (Lipinski definition) is 2. The molecule has 4 heteroatoms. The maximum absolute atomic E-state index is 9.72. The van der Waals surface area contributed by atoms with Gasteiger partial charge in [-0.2, -0.15) is 0 Å². The molecule has 0 aliphatic carbocycles. The van der Waals surface area contributed by atoms with E-state index in [2.05, 4.69) is 4.90 Å². The van der Waals surface area contributed by atoms with E-state index in [-0.39, 0.29) is 12.4 Å². The fourth-order valence-corrected chi connectivity index (χ4v) is 2.31. The van der Waals surface area contributed by atoms with E-state index in [1.54, 1.807) is 0 Å². The summed E-state index contributed by atoms with van der Waals surface area (Å²) < 4.78 is 0. The van der Waals surface area contributed by atoms with Crippen molar-refractivity contribution in [1.29, 1.82) is 0 Å². The number of nitrogens with zero attached hydrogens (tertiary/aromatic N) is 1. The number of rotatable bonds is 4. The van der Waals surface area contributed by atoms with Crippen LogP contribution < -0.4 is 5.73 Å². The van der Waals surface area contributed by atoms with Gasteiger partial charge in [-0.3, -0.25) is 0 Å². The molecule has 1 fully saturated rings. The number of nitrogens with two attached hydrogens (primary N) is 1. The molecule has 0 aromatic heterocycles. The summed E-state index contributed by atoms with van der Waals surface area (Å²) in [7, 11) is 0. The highest BCUT2D eigenvalue weighted by atomic mass is 35.5.